The average Bonchev–Trinajstić information content (AvgIpc) is 2.08. The molecule has 1 atom stereocenters. The molecule has 1 aromatic rings. The fourth-order valence-corrected chi connectivity index (χ4v) is 1.45. The molecule has 0 radical (unpaired) electrons. The van der Waals surface area contributed by atoms with Gasteiger partial charge in [0.2, 0.25) is 0 Å². The zero-order valence-electron chi connectivity index (χ0n) is 7.26. The van der Waals surface area contributed by atoms with Gasteiger partial charge in [-0.05, 0) is 18.6 Å². The van der Waals surface area contributed by atoms with Gasteiger partial charge in [-0.2, -0.15) is 0 Å². The first-order valence-electron chi connectivity index (χ1n) is 3.99. The Morgan fingerprint density at radius 1 is 1.54 bits per heavy atom. The summed E-state index contributed by atoms with van der Waals surface area (Å²) in [5.74, 6) is -0.421. The van der Waals surface area contributed by atoms with Crippen LogP contribution in [0.3, 0.4) is 0 Å². The van der Waals surface area contributed by atoms with Crippen LogP contribution in [0.15, 0.2) is 28.7 Å². The van der Waals surface area contributed by atoms with Crippen molar-refractivity contribution in [2.24, 2.45) is 0 Å². The van der Waals surface area contributed by atoms with Crippen molar-refractivity contribution in [2.45, 2.75) is 19.5 Å². The molecular formula is C10H10BrFO. The molecule has 0 spiro atoms. The van der Waals surface area contributed by atoms with E-state index >= 15 is 0 Å². The molecule has 0 aromatic heterocycles. The minimum atomic E-state index is -1.39. The van der Waals surface area contributed by atoms with E-state index in [-0.39, 0.29) is 6.42 Å². The number of ketones is 1. The van der Waals surface area contributed by atoms with E-state index in [0.717, 1.165) is 10.0 Å². The third-order valence-electron chi connectivity index (χ3n) is 1.80. The Morgan fingerprint density at radius 2 is 2.15 bits per heavy atom. The summed E-state index contributed by atoms with van der Waals surface area (Å²) < 4.78 is 13.9. The van der Waals surface area contributed by atoms with E-state index < -0.39 is 12.0 Å². The summed E-state index contributed by atoms with van der Waals surface area (Å²) in [6.45, 7) is 1.27. The van der Waals surface area contributed by atoms with E-state index in [4.69, 9.17) is 0 Å². The Morgan fingerprint density at radius 3 is 2.69 bits per heavy atom. The predicted molar refractivity (Wildman–Crippen MR) is 53.4 cm³/mol. The van der Waals surface area contributed by atoms with Gasteiger partial charge in [0.15, 0.2) is 12.0 Å². The number of benzene rings is 1. The van der Waals surface area contributed by atoms with E-state index in [2.05, 4.69) is 15.9 Å². The number of carbonyl (C=O) groups excluding carboxylic acids is 1. The number of Topliss-reactive ketones (excluding diaryl/α,β-unsaturated/α-hetero) is 1. The van der Waals surface area contributed by atoms with Crippen molar-refractivity contribution in [1.82, 2.24) is 0 Å². The zero-order chi connectivity index (χ0) is 9.84. The first-order valence-corrected chi connectivity index (χ1v) is 4.78. The molecule has 1 unspecified atom stereocenters. The van der Waals surface area contributed by atoms with Crippen LogP contribution in [-0.2, 0) is 11.2 Å². The van der Waals surface area contributed by atoms with Gasteiger partial charge in [-0.1, -0.05) is 34.1 Å². The third kappa shape index (κ3) is 2.92. The molecule has 0 heterocycles. The molecule has 0 aliphatic carbocycles. The topological polar surface area (TPSA) is 17.1 Å². The molecular weight excluding hydrogens is 235 g/mol. The van der Waals surface area contributed by atoms with Gasteiger partial charge >= 0.3 is 0 Å². The van der Waals surface area contributed by atoms with E-state index in [0.29, 0.717) is 0 Å². The highest BCUT2D eigenvalue weighted by Gasteiger charge is 2.13. The number of halogens is 2. The SMILES string of the molecule is CC(=O)C(F)Cc1ccccc1Br. The maximum atomic E-state index is 13.0. The van der Waals surface area contributed by atoms with Crippen LogP contribution in [0.1, 0.15) is 12.5 Å². The molecule has 70 valence electrons. The van der Waals surface area contributed by atoms with Crippen molar-refractivity contribution in [3.63, 3.8) is 0 Å². The zero-order valence-corrected chi connectivity index (χ0v) is 8.84. The van der Waals surface area contributed by atoms with Crippen molar-refractivity contribution in [2.75, 3.05) is 0 Å². The lowest BCUT2D eigenvalue weighted by atomic mass is 10.1. The van der Waals surface area contributed by atoms with Gasteiger partial charge in [-0.25, -0.2) is 4.39 Å². The number of carbonyl (C=O) groups is 1. The first-order chi connectivity index (χ1) is 6.11. The Kier molecular flexibility index (Phi) is 3.60. The summed E-state index contributed by atoms with van der Waals surface area (Å²) in [6, 6.07) is 7.32. The second kappa shape index (κ2) is 4.51. The second-order valence-electron chi connectivity index (χ2n) is 2.87. The summed E-state index contributed by atoms with van der Waals surface area (Å²) in [5, 5.41) is 0. The van der Waals surface area contributed by atoms with E-state index in [9.17, 15) is 9.18 Å². The highest BCUT2D eigenvalue weighted by Crippen LogP contribution is 2.18. The van der Waals surface area contributed by atoms with E-state index in [1.807, 2.05) is 18.2 Å². The molecule has 0 saturated carbocycles. The fourth-order valence-electron chi connectivity index (χ4n) is 1.00. The van der Waals surface area contributed by atoms with E-state index in [1.165, 1.54) is 6.92 Å². The molecule has 13 heavy (non-hydrogen) atoms. The van der Waals surface area contributed by atoms with Gasteiger partial charge in [-0.15, -0.1) is 0 Å². The largest absolute Gasteiger partial charge is 0.297 e. The number of alkyl halides is 1. The van der Waals surface area contributed by atoms with Crippen LogP contribution in [0, 0.1) is 0 Å². The molecule has 0 bridgehead atoms. The van der Waals surface area contributed by atoms with Gasteiger partial charge in [0.25, 0.3) is 0 Å². The Bertz CT molecular complexity index is 312. The Labute approximate surface area is 85.1 Å². The van der Waals surface area contributed by atoms with Crippen LogP contribution in [0.4, 0.5) is 4.39 Å². The van der Waals surface area contributed by atoms with Crippen molar-refractivity contribution in [1.29, 1.82) is 0 Å². The van der Waals surface area contributed by atoms with Gasteiger partial charge in [0, 0.05) is 10.9 Å². The second-order valence-corrected chi connectivity index (χ2v) is 3.73. The highest BCUT2D eigenvalue weighted by atomic mass is 79.9. The normalized spacial score (nSPS) is 12.5. The van der Waals surface area contributed by atoms with Crippen LogP contribution in [0.5, 0.6) is 0 Å². The van der Waals surface area contributed by atoms with E-state index in [1.54, 1.807) is 6.07 Å². The van der Waals surface area contributed by atoms with Crippen LogP contribution in [0.2, 0.25) is 0 Å². The minimum Gasteiger partial charge on any atom is -0.297 e. The van der Waals surface area contributed by atoms with Gasteiger partial charge in [-0.3, -0.25) is 4.79 Å². The smallest absolute Gasteiger partial charge is 0.164 e. The monoisotopic (exact) mass is 244 g/mol. The molecule has 1 aromatic carbocycles. The summed E-state index contributed by atoms with van der Waals surface area (Å²) >= 11 is 3.30. The lowest BCUT2D eigenvalue weighted by molar-refractivity contribution is -0.121. The van der Waals surface area contributed by atoms with Gasteiger partial charge in [0.05, 0.1) is 0 Å². The third-order valence-corrected chi connectivity index (χ3v) is 2.57. The number of hydrogen-bond acceptors (Lipinski definition) is 1. The predicted octanol–water partition coefficient (Wildman–Crippen LogP) is 2.92. The summed E-state index contributed by atoms with van der Waals surface area (Å²) in [4.78, 5) is 10.7. The molecule has 3 heteroatoms. The molecule has 0 aliphatic rings. The maximum absolute atomic E-state index is 13.0. The lowest BCUT2D eigenvalue weighted by Crippen LogP contribution is -2.14. The van der Waals surface area contributed by atoms with Crippen molar-refractivity contribution in [3.05, 3.63) is 34.3 Å². The van der Waals surface area contributed by atoms with Gasteiger partial charge in [0.1, 0.15) is 0 Å². The molecule has 0 saturated heterocycles. The van der Waals surface area contributed by atoms with Crippen LogP contribution in [-0.4, -0.2) is 12.0 Å². The molecule has 0 N–H and O–H groups in total. The maximum Gasteiger partial charge on any atom is 0.164 e. The number of rotatable bonds is 3. The first kappa shape index (κ1) is 10.4. The van der Waals surface area contributed by atoms with Crippen LogP contribution >= 0.6 is 15.9 Å². The Balaban J connectivity index is 2.74. The van der Waals surface area contributed by atoms with Crippen LogP contribution < -0.4 is 0 Å². The molecule has 1 rings (SSSR count). The Hall–Kier alpha value is -0.700. The quantitative estimate of drug-likeness (QED) is 0.800. The average molecular weight is 245 g/mol. The molecule has 0 fully saturated rings. The standard InChI is InChI=1S/C10H10BrFO/c1-7(13)10(12)6-8-4-2-3-5-9(8)11/h2-5,10H,6H2,1H3. The lowest BCUT2D eigenvalue weighted by Gasteiger charge is -2.05. The summed E-state index contributed by atoms with van der Waals surface area (Å²) in [7, 11) is 0. The molecule has 0 aliphatic heterocycles. The summed E-state index contributed by atoms with van der Waals surface area (Å²) in [6.07, 6.45) is -1.24. The van der Waals surface area contributed by atoms with Gasteiger partial charge < -0.3 is 0 Å². The van der Waals surface area contributed by atoms with Crippen molar-refractivity contribution in [3.8, 4) is 0 Å². The molecule has 0 amide bonds. The highest BCUT2D eigenvalue weighted by molar-refractivity contribution is 9.10. The van der Waals surface area contributed by atoms with Crippen LogP contribution in [0.25, 0.3) is 0 Å². The van der Waals surface area contributed by atoms with Crippen molar-refractivity contribution >= 4 is 21.7 Å². The summed E-state index contributed by atoms with van der Waals surface area (Å²) in [5.41, 5.74) is 0.824. The fraction of sp³-hybridized carbons (Fsp3) is 0.300. The molecule has 1 nitrogen and oxygen atoms in total. The number of hydrogen-bond donors (Lipinski definition) is 0. The minimum absolute atomic E-state index is 0.150. The van der Waals surface area contributed by atoms with Crippen molar-refractivity contribution < 1.29 is 9.18 Å².